The van der Waals surface area contributed by atoms with E-state index in [1.807, 2.05) is 0 Å². The number of rotatable bonds is 10. The van der Waals surface area contributed by atoms with Gasteiger partial charge in [0.25, 0.3) is 5.91 Å². The van der Waals surface area contributed by atoms with E-state index in [9.17, 15) is 25.2 Å². The highest BCUT2D eigenvalue weighted by molar-refractivity contribution is 5.85. The summed E-state index contributed by atoms with van der Waals surface area (Å²) in [6.45, 7) is 2.65. The first-order valence-electron chi connectivity index (χ1n) is 7.10. The molecule has 0 bridgehead atoms. The van der Waals surface area contributed by atoms with Crippen molar-refractivity contribution in [1.82, 2.24) is 5.32 Å². The lowest BCUT2D eigenvalue weighted by Gasteiger charge is -2.26. The Kier molecular flexibility index (Phi) is 11.9. The fourth-order valence-corrected chi connectivity index (χ4v) is 1.66. The molecule has 0 saturated carbocycles. The van der Waals surface area contributed by atoms with Crippen molar-refractivity contribution in [3.05, 3.63) is 0 Å². The zero-order valence-corrected chi connectivity index (χ0v) is 14.1. The van der Waals surface area contributed by atoms with Crippen LogP contribution in [0.5, 0.6) is 0 Å². The number of amides is 1. The van der Waals surface area contributed by atoms with E-state index in [-0.39, 0.29) is 19.0 Å². The summed E-state index contributed by atoms with van der Waals surface area (Å²) in [4.78, 5) is 11.6. The quantitative estimate of drug-likeness (QED) is 0.188. The molecule has 0 aromatic carbocycles. The minimum Gasteiger partial charge on any atom is -0.394 e. The molecule has 9 N–H and O–H groups in total. The van der Waals surface area contributed by atoms with Crippen LogP contribution in [0.25, 0.3) is 0 Å². The van der Waals surface area contributed by atoms with E-state index in [0.717, 1.165) is 0 Å². The molecule has 0 aliphatic carbocycles. The van der Waals surface area contributed by atoms with Crippen molar-refractivity contribution >= 4 is 18.3 Å². The van der Waals surface area contributed by atoms with Gasteiger partial charge in [-0.15, -0.1) is 12.4 Å². The van der Waals surface area contributed by atoms with E-state index in [4.69, 9.17) is 15.9 Å². The zero-order chi connectivity index (χ0) is 17.5. The Morgan fingerprint density at radius 2 is 1.65 bits per heavy atom. The molecule has 0 radical (unpaired) electrons. The van der Waals surface area contributed by atoms with E-state index in [1.54, 1.807) is 13.8 Å². The van der Waals surface area contributed by atoms with E-state index in [0.29, 0.717) is 12.8 Å². The molecule has 0 heterocycles. The molecule has 23 heavy (non-hydrogen) atoms. The van der Waals surface area contributed by atoms with E-state index >= 15 is 0 Å². The standard InChI is InChI=1S/C13H28N2O7.ClH/c1-13(2,14)8(18)4-3-5-15-12(22)11(21)10(20)9(19)7(17)6-16;/h7-11,16-21H,3-6,14H2,1-2H3,(H,15,22);1H/t7-,8?,9-,10+,11-;/m1./s1. The summed E-state index contributed by atoms with van der Waals surface area (Å²) >= 11 is 0. The SMILES string of the molecule is CC(C)(N)C(O)CCCNC(=O)[C@H](O)[C@@H](O)[C@H](O)[C@H](O)CO.Cl. The van der Waals surface area contributed by atoms with Crippen molar-refractivity contribution in [2.45, 2.75) is 62.7 Å². The Bertz CT molecular complexity index is 341. The second-order valence-electron chi connectivity index (χ2n) is 5.95. The average Bonchev–Trinajstić information content (AvgIpc) is 2.46. The zero-order valence-electron chi connectivity index (χ0n) is 13.3. The normalized spacial score (nSPS) is 18.3. The van der Waals surface area contributed by atoms with Gasteiger partial charge in [0, 0.05) is 12.1 Å². The molecule has 0 saturated heterocycles. The van der Waals surface area contributed by atoms with Crippen LogP contribution in [0.4, 0.5) is 0 Å². The summed E-state index contributed by atoms with van der Waals surface area (Å²) in [6.07, 6.45) is -7.42. The van der Waals surface area contributed by atoms with Crippen molar-refractivity contribution in [3.8, 4) is 0 Å². The monoisotopic (exact) mass is 360 g/mol. The number of hydrogen-bond acceptors (Lipinski definition) is 8. The molecule has 10 heteroatoms. The summed E-state index contributed by atoms with van der Waals surface area (Å²) in [5.74, 6) is -0.932. The number of carbonyl (C=O) groups excluding carboxylic acids is 1. The lowest BCUT2D eigenvalue weighted by Crippen LogP contribution is -2.51. The predicted molar refractivity (Wildman–Crippen MR) is 84.9 cm³/mol. The van der Waals surface area contributed by atoms with Crippen LogP contribution in [0.15, 0.2) is 0 Å². The first-order valence-corrected chi connectivity index (χ1v) is 7.10. The lowest BCUT2D eigenvalue weighted by atomic mass is 9.95. The van der Waals surface area contributed by atoms with Gasteiger partial charge in [0.2, 0.25) is 0 Å². The summed E-state index contributed by atoms with van der Waals surface area (Å²) in [7, 11) is 0. The van der Waals surface area contributed by atoms with Crippen molar-refractivity contribution in [3.63, 3.8) is 0 Å². The fraction of sp³-hybridized carbons (Fsp3) is 0.923. The molecule has 0 aliphatic heterocycles. The van der Waals surface area contributed by atoms with Gasteiger partial charge < -0.3 is 41.7 Å². The van der Waals surface area contributed by atoms with E-state index in [2.05, 4.69) is 5.32 Å². The van der Waals surface area contributed by atoms with E-state index < -0.39 is 48.6 Å². The Hall–Kier alpha value is -0.520. The molecule has 0 rings (SSSR count). The van der Waals surface area contributed by atoms with Crippen LogP contribution in [0.3, 0.4) is 0 Å². The Morgan fingerprint density at radius 3 is 2.09 bits per heavy atom. The number of halogens is 1. The molecule has 140 valence electrons. The van der Waals surface area contributed by atoms with Gasteiger partial charge in [0.15, 0.2) is 6.10 Å². The maximum Gasteiger partial charge on any atom is 0.251 e. The largest absolute Gasteiger partial charge is 0.394 e. The van der Waals surface area contributed by atoms with Crippen LogP contribution in [-0.2, 0) is 4.79 Å². The Labute approximate surface area is 141 Å². The van der Waals surface area contributed by atoms with Crippen LogP contribution >= 0.6 is 12.4 Å². The van der Waals surface area contributed by atoms with Crippen LogP contribution < -0.4 is 11.1 Å². The number of nitrogens with two attached hydrogens (primary N) is 1. The third-order valence-corrected chi connectivity index (χ3v) is 3.34. The molecule has 0 fully saturated rings. The van der Waals surface area contributed by atoms with Crippen molar-refractivity contribution in [1.29, 1.82) is 0 Å². The third kappa shape index (κ3) is 8.77. The minimum atomic E-state index is -1.95. The summed E-state index contributed by atoms with van der Waals surface area (Å²) < 4.78 is 0. The lowest BCUT2D eigenvalue weighted by molar-refractivity contribution is -0.148. The first kappa shape index (κ1) is 24.7. The van der Waals surface area contributed by atoms with Crippen molar-refractivity contribution < 1.29 is 35.4 Å². The summed E-state index contributed by atoms with van der Waals surface area (Å²) in [6, 6.07) is 0. The molecule has 0 aliphatic rings. The molecule has 0 aromatic heterocycles. The topological polar surface area (TPSA) is 176 Å². The van der Waals surface area contributed by atoms with Gasteiger partial charge in [-0.1, -0.05) is 0 Å². The first-order chi connectivity index (χ1) is 10.0. The fourth-order valence-electron chi connectivity index (χ4n) is 1.66. The Morgan fingerprint density at radius 1 is 1.13 bits per heavy atom. The molecular formula is C13H29ClN2O7. The molecular weight excluding hydrogens is 332 g/mol. The molecule has 0 aromatic rings. The predicted octanol–water partition coefficient (Wildman–Crippen LogP) is -3.16. The van der Waals surface area contributed by atoms with Gasteiger partial charge >= 0.3 is 0 Å². The molecule has 0 spiro atoms. The summed E-state index contributed by atoms with van der Waals surface area (Å²) in [5, 5.41) is 58.3. The van der Waals surface area contributed by atoms with E-state index in [1.165, 1.54) is 0 Å². The van der Waals surface area contributed by atoms with Gasteiger partial charge in [0.05, 0.1) is 12.7 Å². The number of hydrogen-bond donors (Lipinski definition) is 8. The molecule has 9 nitrogen and oxygen atoms in total. The van der Waals surface area contributed by atoms with Crippen molar-refractivity contribution in [2.75, 3.05) is 13.2 Å². The highest BCUT2D eigenvalue weighted by atomic mass is 35.5. The van der Waals surface area contributed by atoms with Gasteiger partial charge in [-0.05, 0) is 26.7 Å². The molecule has 1 amide bonds. The van der Waals surface area contributed by atoms with Gasteiger partial charge in [0.1, 0.15) is 18.3 Å². The highest BCUT2D eigenvalue weighted by Gasteiger charge is 2.34. The highest BCUT2D eigenvalue weighted by Crippen LogP contribution is 2.10. The maximum absolute atomic E-state index is 11.6. The third-order valence-electron chi connectivity index (χ3n) is 3.34. The van der Waals surface area contributed by atoms with Gasteiger partial charge in [-0.2, -0.15) is 0 Å². The van der Waals surface area contributed by atoms with Crippen LogP contribution in [0.2, 0.25) is 0 Å². The minimum absolute atomic E-state index is 0. The van der Waals surface area contributed by atoms with Gasteiger partial charge in [-0.3, -0.25) is 4.79 Å². The van der Waals surface area contributed by atoms with Crippen LogP contribution in [0, 0.1) is 0 Å². The van der Waals surface area contributed by atoms with Gasteiger partial charge in [-0.25, -0.2) is 0 Å². The molecule has 5 atom stereocenters. The second-order valence-corrected chi connectivity index (χ2v) is 5.95. The van der Waals surface area contributed by atoms with Crippen LogP contribution in [-0.4, -0.2) is 85.8 Å². The van der Waals surface area contributed by atoms with Crippen LogP contribution in [0.1, 0.15) is 26.7 Å². The number of nitrogens with one attached hydrogen (secondary N) is 1. The second kappa shape index (κ2) is 11.1. The molecule has 1 unspecified atom stereocenters. The smallest absolute Gasteiger partial charge is 0.251 e. The number of carbonyl (C=O) groups is 1. The average molecular weight is 361 g/mol. The van der Waals surface area contributed by atoms with Crippen molar-refractivity contribution in [2.24, 2.45) is 5.73 Å². The summed E-state index contributed by atoms with van der Waals surface area (Å²) in [5.41, 5.74) is 4.94. The Balaban J connectivity index is 0. The number of aliphatic hydroxyl groups is 6. The maximum atomic E-state index is 11.6. The number of aliphatic hydroxyl groups excluding tert-OH is 6.